The Morgan fingerprint density at radius 1 is 0.958 bits per heavy atom. The number of Topliss-reactive ketones (excluding diaryl/α,β-unsaturated/α-hetero) is 1. The third kappa shape index (κ3) is 4.20. The Bertz CT molecular complexity index is 692. The number of hydrogen-bond donors (Lipinski definition) is 1. The smallest absolute Gasteiger partial charge is 0.232 e. The zero-order valence-corrected chi connectivity index (χ0v) is 13.4. The van der Waals surface area contributed by atoms with Crippen LogP contribution in [0.15, 0.2) is 54.6 Å². The Morgan fingerprint density at radius 3 is 2.29 bits per heavy atom. The highest BCUT2D eigenvalue weighted by Gasteiger charge is 2.13. The van der Waals surface area contributed by atoms with Crippen molar-refractivity contribution in [3.63, 3.8) is 0 Å². The van der Waals surface area contributed by atoms with Gasteiger partial charge in [-0.1, -0.05) is 30.3 Å². The first-order valence-electron chi connectivity index (χ1n) is 8.03. The van der Waals surface area contributed by atoms with Crippen molar-refractivity contribution >= 4 is 23.1 Å². The highest BCUT2D eigenvalue weighted by molar-refractivity contribution is 6.10. The Hall–Kier alpha value is -2.66. The average Bonchev–Trinajstić information content (AvgIpc) is 2.64. The van der Waals surface area contributed by atoms with Crippen molar-refractivity contribution in [2.24, 2.45) is 0 Å². The first kappa shape index (κ1) is 16.2. The van der Waals surface area contributed by atoms with Crippen molar-refractivity contribution < 1.29 is 14.3 Å². The molecule has 0 atom stereocenters. The van der Waals surface area contributed by atoms with Crippen molar-refractivity contribution in [3.05, 3.63) is 60.2 Å². The minimum absolute atomic E-state index is 0.158. The van der Waals surface area contributed by atoms with E-state index in [1.54, 1.807) is 24.3 Å². The Balaban J connectivity index is 1.55. The number of nitrogens with one attached hydrogen (secondary N) is 1. The number of amides is 1. The van der Waals surface area contributed by atoms with Gasteiger partial charge in [0.25, 0.3) is 0 Å². The standard InChI is InChI=1S/C19H20N2O3/c22-18(15-4-2-1-3-5-15)14-19(23)20-16-6-8-17(9-7-16)21-10-12-24-13-11-21/h1-9H,10-14H2,(H,20,23). The summed E-state index contributed by atoms with van der Waals surface area (Å²) in [6.07, 6.45) is -0.158. The Labute approximate surface area is 141 Å². The summed E-state index contributed by atoms with van der Waals surface area (Å²) in [7, 11) is 0. The fourth-order valence-corrected chi connectivity index (χ4v) is 2.65. The molecule has 0 spiro atoms. The molecule has 2 aromatic carbocycles. The summed E-state index contributed by atoms with van der Waals surface area (Å²) in [4.78, 5) is 26.3. The van der Waals surface area contributed by atoms with Crippen LogP contribution in [0.4, 0.5) is 11.4 Å². The number of morpholine rings is 1. The third-order valence-corrected chi connectivity index (χ3v) is 3.94. The molecule has 24 heavy (non-hydrogen) atoms. The van der Waals surface area contributed by atoms with Crippen LogP contribution in [-0.4, -0.2) is 38.0 Å². The van der Waals surface area contributed by atoms with E-state index in [1.807, 2.05) is 30.3 Å². The van der Waals surface area contributed by atoms with Crippen LogP contribution >= 0.6 is 0 Å². The summed E-state index contributed by atoms with van der Waals surface area (Å²) >= 11 is 0. The van der Waals surface area contributed by atoms with Crippen LogP contribution in [0, 0.1) is 0 Å². The number of carbonyl (C=O) groups is 2. The summed E-state index contributed by atoms with van der Waals surface area (Å²) in [6, 6.07) is 16.5. The summed E-state index contributed by atoms with van der Waals surface area (Å²) in [5, 5.41) is 2.77. The maximum absolute atomic E-state index is 12.0. The monoisotopic (exact) mass is 324 g/mol. The van der Waals surface area contributed by atoms with Gasteiger partial charge < -0.3 is 15.0 Å². The summed E-state index contributed by atoms with van der Waals surface area (Å²) in [5.41, 5.74) is 2.35. The lowest BCUT2D eigenvalue weighted by Gasteiger charge is -2.28. The lowest BCUT2D eigenvalue weighted by atomic mass is 10.1. The van der Waals surface area contributed by atoms with Crippen molar-refractivity contribution in [2.75, 3.05) is 36.5 Å². The molecular weight excluding hydrogens is 304 g/mol. The normalized spacial score (nSPS) is 14.2. The highest BCUT2D eigenvalue weighted by atomic mass is 16.5. The van der Waals surface area contributed by atoms with E-state index in [0.717, 1.165) is 32.0 Å². The van der Waals surface area contributed by atoms with E-state index in [0.29, 0.717) is 11.3 Å². The van der Waals surface area contributed by atoms with E-state index in [-0.39, 0.29) is 18.1 Å². The van der Waals surface area contributed by atoms with Gasteiger partial charge in [-0.2, -0.15) is 0 Å². The molecule has 2 aromatic rings. The van der Waals surface area contributed by atoms with Gasteiger partial charge in [-0.25, -0.2) is 0 Å². The fraction of sp³-hybridized carbons (Fsp3) is 0.263. The predicted molar refractivity (Wildman–Crippen MR) is 93.5 cm³/mol. The molecule has 0 unspecified atom stereocenters. The lowest BCUT2D eigenvalue weighted by molar-refractivity contribution is -0.115. The maximum Gasteiger partial charge on any atom is 0.232 e. The predicted octanol–water partition coefficient (Wildman–Crippen LogP) is 2.73. The number of ether oxygens (including phenoxy) is 1. The molecule has 1 saturated heterocycles. The Morgan fingerprint density at radius 2 is 1.62 bits per heavy atom. The highest BCUT2D eigenvalue weighted by Crippen LogP contribution is 2.19. The van der Waals surface area contributed by atoms with Crippen LogP contribution < -0.4 is 10.2 Å². The zero-order chi connectivity index (χ0) is 16.8. The number of rotatable bonds is 5. The molecular formula is C19H20N2O3. The SMILES string of the molecule is O=C(CC(=O)c1ccccc1)Nc1ccc(N2CCOCC2)cc1. The van der Waals surface area contributed by atoms with E-state index in [1.165, 1.54) is 0 Å². The molecule has 124 valence electrons. The van der Waals surface area contributed by atoms with Crippen molar-refractivity contribution in [2.45, 2.75) is 6.42 Å². The summed E-state index contributed by atoms with van der Waals surface area (Å²) in [6.45, 7) is 3.22. The van der Waals surface area contributed by atoms with Crippen molar-refractivity contribution in [3.8, 4) is 0 Å². The molecule has 1 N–H and O–H groups in total. The molecule has 5 heteroatoms. The van der Waals surface area contributed by atoms with Gasteiger partial charge in [-0.15, -0.1) is 0 Å². The van der Waals surface area contributed by atoms with E-state index in [9.17, 15) is 9.59 Å². The molecule has 0 radical (unpaired) electrons. The third-order valence-electron chi connectivity index (χ3n) is 3.94. The quantitative estimate of drug-likeness (QED) is 0.679. The molecule has 1 heterocycles. The molecule has 0 aromatic heterocycles. The van der Waals surface area contributed by atoms with Crippen molar-refractivity contribution in [1.82, 2.24) is 0 Å². The summed E-state index contributed by atoms with van der Waals surface area (Å²) in [5.74, 6) is -0.485. The van der Waals surface area contributed by atoms with Gasteiger partial charge in [0.2, 0.25) is 5.91 Å². The molecule has 3 rings (SSSR count). The summed E-state index contributed by atoms with van der Waals surface area (Å²) < 4.78 is 5.34. The first-order valence-corrected chi connectivity index (χ1v) is 8.03. The number of benzene rings is 2. The van der Waals surface area contributed by atoms with Gasteiger partial charge in [0.1, 0.15) is 0 Å². The Kier molecular flexibility index (Phi) is 5.23. The van der Waals surface area contributed by atoms with Crippen LogP contribution in [0.5, 0.6) is 0 Å². The molecule has 0 bridgehead atoms. The number of anilines is 2. The van der Waals surface area contributed by atoms with Crippen LogP contribution in [0.2, 0.25) is 0 Å². The van der Waals surface area contributed by atoms with Crippen molar-refractivity contribution in [1.29, 1.82) is 0 Å². The van der Waals surface area contributed by atoms with Gasteiger partial charge in [0, 0.05) is 30.0 Å². The van der Waals surface area contributed by atoms with E-state index >= 15 is 0 Å². The number of carbonyl (C=O) groups excluding carboxylic acids is 2. The topological polar surface area (TPSA) is 58.6 Å². The van der Waals surface area contributed by atoms with Gasteiger partial charge in [0.15, 0.2) is 5.78 Å². The minimum atomic E-state index is -0.303. The molecule has 1 amide bonds. The number of hydrogen-bond acceptors (Lipinski definition) is 4. The van der Waals surface area contributed by atoms with E-state index in [4.69, 9.17) is 4.74 Å². The molecule has 1 aliphatic heterocycles. The second-order valence-electron chi connectivity index (χ2n) is 5.66. The fourth-order valence-electron chi connectivity index (χ4n) is 2.65. The largest absolute Gasteiger partial charge is 0.378 e. The lowest BCUT2D eigenvalue weighted by Crippen LogP contribution is -2.36. The molecule has 0 saturated carbocycles. The second-order valence-corrected chi connectivity index (χ2v) is 5.66. The van der Waals surface area contributed by atoms with Crippen LogP contribution in [-0.2, 0) is 9.53 Å². The van der Waals surface area contributed by atoms with E-state index < -0.39 is 0 Å². The van der Waals surface area contributed by atoms with Gasteiger partial charge in [0.05, 0.1) is 19.6 Å². The molecule has 1 aliphatic rings. The molecule has 1 fully saturated rings. The number of nitrogens with zero attached hydrogens (tertiary/aromatic N) is 1. The number of ketones is 1. The minimum Gasteiger partial charge on any atom is -0.378 e. The average molecular weight is 324 g/mol. The van der Waals surface area contributed by atoms with Gasteiger partial charge in [-0.3, -0.25) is 9.59 Å². The first-order chi connectivity index (χ1) is 11.7. The maximum atomic E-state index is 12.0. The molecule has 5 nitrogen and oxygen atoms in total. The van der Waals surface area contributed by atoms with E-state index in [2.05, 4.69) is 10.2 Å². The zero-order valence-electron chi connectivity index (χ0n) is 13.4. The molecule has 0 aliphatic carbocycles. The second kappa shape index (κ2) is 7.75. The van der Waals surface area contributed by atoms with Crippen LogP contribution in [0.25, 0.3) is 0 Å². The van der Waals surface area contributed by atoms with Crippen LogP contribution in [0.3, 0.4) is 0 Å². The van der Waals surface area contributed by atoms with Gasteiger partial charge >= 0.3 is 0 Å². The van der Waals surface area contributed by atoms with Gasteiger partial charge in [-0.05, 0) is 24.3 Å². The van der Waals surface area contributed by atoms with Crippen LogP contribution in [0.1, 0.15) is 16.8 Å².